The monoisotopic (exact) mass is 320 g/mol. The minimum Gasteiger partial charge on any atom is -0.311 e. The zero-order chi connectivity index (χ0) is 16.8. The van der Waals surface area contributed by atoms with Crippen molar-refractivity contribution >= 4 is 0 Å². The maximum Gasteiger partial charge on any atom is 0.117 e. The van der Waals surface area contributed by atoms with Crippen LogP contribution in [0, 0.1) is 6.92 Å². The minimum atomic E-state index is 0.688. The van der Waals surface area contributed by atoms with Gasteiger partial charge in [0.1, 0.15) is 11.4 Å². The van der Waals surface area contributed by atoms with Crippen LogP contribution in [-0.2, 0) is 13.1 Å². The number of rotatable bonds is 7. The van der Waals surface area contributed by atoms with Crippen molar-refractivity contribution in [2.45, 2.75) is 33.4 Å². The second-order valence-electron chi connectivity index (χ2n) is 6.05. The average Bonchev–Trinajstić information content (AvgIpc) is 3.01. The fraction of sp³-hybridized carbons (Fsp3) is 0.300. The Morgan fingerprint density at radius 2 is 1.71 bits per heavy atom. The first-order valence-electron chi connectivity index (χ1n) is 8.52. The highest BCUT2D eigenvalue weighted by atomic mass is 15.5. The fourth-order valence-electron chi connectivity index (χ4n) is 2.63. The summed E-state index contributed by atoms with van der Waals surface area (Å²) in [6.07, 6.45) is 1.11. The predicted octanol–water partition coefficient (Wildman–Crippen LogP) is 3.80. The van der Waals surface area contributed by atoms with Crippen molar-refractivity contribution in [1.29, 1.82) is 0 Å². The van der Waals surface area contributed by atoms with Crippen LogP contribution in [0.15, 0.2) is 54.6 Å². The molecule has 0 aliphatic carbocycles. The second-order valence-corrected chi connectivity index (χ2v) is 6.05. The van der Waals surface area contributed by atoms with Crippen LogP contribution in [0.5, 0.6) is 0 Å². The molecule has 0 radical (unpaired) electrons. The molecule has 3 aromatic rings. The highest BCUT2D eigenvalue weighted by molar-refractivity contribution is 5.60. The van der Waals surface area contributed by atoms with E-state index in [0.717, 1.165) is 36.5 Å². The Morgan fingerprint density at radius 3 is 2.42 bits per heavy atom. The van der Waals surface area contributed by atoms with Crippen molar-refractivity contribution in [2.75, 3.05) is 6.54 Å². The maximum atomic E-state index is 4.74. The van der Waals surface area contributed by atoms with Gasteiger partial charge in [0.15, 0.2) is 0 Å². The molecule has 0 aliphatic rings. The lowest BCUT2D eigenvalue weighted by atomic mass is 10.1. The van der Waals surface area contributed by atoms with Crippen molar-refractivity contribution in [1.82, 2.24) is 20.3 Å². The first-order valence-corrected chi connectivity index (χ1v) is 8.52. The molecule has 0 spiro atoms. The normalized spacial score (nSPS) is 10.9. The SMILES string of the molecule is CCCNCc1nn(Cc2ccc(C)cc2)nc1-c1ccccc1. The summed E-state index contributed by atoms with van der Waals surface area (Å²) < 4.78 is 0. The van der Waals surface area contributed by atoms with Crippen molar-refractivity contribution in [3.05, 3.63) is 71.4 Å². The van der Waals surface area contributed by atoms with Crippen LogP contribution < -0.4 is 5.32 Å². The summed E-state index contributed by atoms with van der Waals surface area (Å²) in [6.45, 7) is 6.68. The van der Waals surface area contributed by atoms with E-state index < -0.39 is 0 Å². The molecule has 0 unspecified atom stereocenters. The van der Waals surface area contributed by atoms with Crippen molar-refractivity contribution in [2.24, 2.45) is 0 Å². The molecule has 0 aliphatic heterocycles. The van der Waals surface area contributed by atoms with Crippen molar-refractivity contribution in [3.63, 3.8) is 0 Å². The van der Waals surface area contributed by atoms with Crippen molar-refractivity contribution in [3.8, 4) is 11.3 Å². The third kappa shape index (κ3) is 4.09. The lowest BCUT2D eigenvalue weighted by Gasteiger charge is -2.02. The van der Waals surface area contributed by atoms with E-state index in [-0.39, 0.29) is 0 Å². The maximum absolute atomic E-state index is 4.74. The van der Waals surface area contributed by atoms with Crippen LogP contribution in [-0.4, -0.2) is 21.5 Å². The first-order chi connectivity index (χ1) is 11.8. The van der Waals surface area contributed by atoms with Crippen LogP contribution in [0.2, 0.25) is 0 Å². The van der Waals surface area contributed by atoms with Gasteiger partial charge >= 0.3 is 0 Å². The van der Waals surface area contributed by atoms with Gasteiger partial charge in [0.2, 0.25) is 0 Å². The highest BCUT2D eigenvalue weighted by Crippen LogP contribution is 2.20. The molecule has 124 valence electrons. The fourth-order valence-corrected chi connectivity index (χ4v) is 2.63. The minimum absolute atomic E-state index is 0.688. The van der Waals surface area contributed by atoms with E-state index in [2.05, 4.69) is 55.6 Å². The molecule has 1 heterocycles. The van der Waals surface area contributed by atoms with Gasteiger partial charge in [-0.3, -0.25) is 0 Å². The van der Waals surface area contributed by atoms with Gasteiger partial charge in [-0.15, -0.1) is 0 Å². The molecular formula is C20H24N4. The Hall–Kier alpha value is -2.46. The third-order valence-corrected chi connectivity index (χ3v) is 3.94. The number of hydrogen-bond acceptors (Lipinski definition) is 3. The molecule has 24 heavy (non-hydrogen) atoms. The Kier molecular flexibility index (Phi) is 5.39. The Bertz CT molecular complexity index is 760. The van der Waals surface area contributed by atoms with E-state index in [4.69, 9.17) is 10.2 Å². The quantitative estimate of drug-likeness (QED) is 0.673. The van der Waals surface area contributed by atoms with Gasteiger partial charge in [-0.1, -0.05) is 67.1 Å². The summed E-state index contributed by atoms with van der Waals surface area (Å²) in [6, 6.07) is 18.8. The Morgan fingerprint density at radius 1 is 0.958 bits per heavy atom. The molecular weight excluding hydrogens is 296 g/mol. The number of aromatic nitrogens is 3. The molecule has 0 atom stereocenters. The van der Waals surface area contributed by atoms with E-state index in [9.17, 15) is 0 Å². The molecule has 2 aromatic carbocycles. The number of nitrogens with zero attached hydrogens (tertiary/aromatic N) is 3. The molecule has 0 saturated heterocycles. The third-order valence-electron chi connectivity index (χ3n) is 3.94. The second kappa shape index (κ2) is 7.88. The first kappa shape index (κ1) is 16.4. The standard InChI is InChI=1S/C20H24N4/c1-3-13-21-14-19-20(18-7-5-4-6-8-18)23-24(22-19)15-17-11-9-16(2)10-12-17/h4-12,21H,3,13-15H2,1-2H3. The predicted molar refractivity (Wildman–Crippen MR) is 97.7 cm³/mol. The van der Waals surface area contributed by atoms with E-state index in [1.807, 2.05) is 18.2 Å². The summed E-state index contributed by atoms with van der Waals surface area (Å²) in [4.78, 5) is 1.80. The smallest absolute Gasteiger partial charge is 0.117 e. The van der Waals surface area contributed by atoms with E-state index in [1.54, 1.807) is 4.80 Å². The van der Waals surface area contributed by atoms with E-state index >= 15 is 0 Å². The van der Waals surface area contributed by atoms with Gasteiger partial charge in [0.05, 0.1) is 6.54 Å². The van der Waals surface area contributed by atoms with Gasteiger partial charge in [-0.05, 0) is 25.5 Å². The van der Waals surface area contributed by atoms with Gasteiger partial charge in [0, 0.05) is 12.1 Å². The molecule has 3 rings (SSSR count). The molecule has 0 amide bonds. The van der Waals surface area contributed by atoms with Gasteiger partial charge in [-0.25, -0.2) is 0 Å². The van der Waals surface area contributed by atoms with Gasteiger partial charge < -0.3 is 5.32 Å². The zero-order valence-electron chi connectivity index (χ0n) is 14.4. The number of aryl methyl sites for hydroxylation is 1. The number of benzene rings is 2. The lowest BCUT2D eigenvalue weighted by Crippen LogP contribution is -2.15. The van der Waals surface area contributed by atoms with E-state index in [1.165, 1.54) is 11.1 Å². The molecule has 1 N–H and O–H groups in total. The van der Waals surface area contributed by atoms with Crippen LogP contribution >= 0.6 is 0 Å². The summed E-state index contributed by atoms with van der Waals surface area (Å²) in [5.41, 5.74) is 5.55. The summed E-state index contributed by atoms with van der Waals surface area (Å²) in [5.74, 6) is 0. The van der Waals surface area contributed by atoms with Gasteiger partial charge in [0.25, 0.3) is 0 Å². The molecule has 1 aromatic heterocycles. The van der Waals surface area contributed by atoms with Gasteiger partial charge in [-0.2, -0.15) is 15.0 Å². The molecule has 0 bridgehead atoms. The van der Waals surface area contributed by atoms with E-state index in [0.29, 0.717) is 6.54 Å². The molecule has 4 nitrogen and oxygen atoms in total. The summed E-state index contributed by atoms with van der Waals surface area (Å²) >= 11 is 0. The zero-order valence-corrected chi connectivity index (χ0v) is 14.4. The summed E-state index contributed by atoms with van der Waals surface area (Å²) in [7, 11) is 0. The van der Waals surface area contributed by atoms with Crippen LogP contribution in [0.4, 0.5) is 0 Å². The molecule has 0 saturated carbocycles. The molecule has 0 fully saturated rings. The molecule has 4 heteroatoms. The van der Waals surface area contributed by atoms with Crippen LogP contribution in [0.1, 0.15) is 30.2 Å². The Labute approximate surface area is 143 Å². The van der Waals surface area contributed by atoms with Crippen molar-refractivity contribution < 1.29 is 0 Å². The highest BCUT2D eigenvalue weighted by Gasteiger charge is 2.13. The number of hydrogen-bond donors (Lipinski definition) is 1. The topological polar surface area (TPSA) is 42.7 Å². The van der Waals surface area contributed by atoms with Crippen LogP contribution in [0.3, 0.4) is 0 Å². The lowest BCUT2D eigenvalue weighted by molar-refractivity contribution is 0.576. The number of nitrogens with one attached hydrogen (secondary N) is 1. The summed E-state index contributed by atoms with van der Waals surface area (Å²) in [5, 5.41) is 12.9. The largest absolute Gasteiger partial charge is 0.311 e. The Balaban J connectivity index is 1.86. The average molecular weight is 320 g/mol. The van der Waals surface area contributed by atoms with Crippen LogP contribution in [0.25, 0.3) is 11.3 Å².